The molecule has 0 unspecified atom stereocenters. The number of oxazole rings is 1. The number of pyridine rings is 1. The first-order valence-corrected chi connectivity index (χ1v) is 9.88. The lowest BCUT2D eigenvalue weighted by atomic mass is 9.97. The van der Waals surface area contributed by atoms with Crippen LogP contribution >= 0.6 is 11.6 Å². The molecule has 0 spiro atoms. The van der Waals surface area contributed by atoms with E-state index in [2.05, 4.69) is 9.97 Å². The second kappa shape index (κ2) is 8.15. The summed E-state index contributed by atoms with van der Waals surface area (Å²) in [6.45, 7) is 3.26. The number of likely N-dealkylation sites (tertiary alicyclic amines) is 1. The van der Waals surface area contributed by atoms with Crippen LogP contribution in [0.1, 0.15) is 52.0 Å². The van der Waals surface area contributed by atoms with Gasteiger partial charge < -0.3 is 9.32 Å². The van der Waals surface area contributed by atoms with Crippen LogP contribution in [-0.2, 0) is 6.42 Å². The van der Waals surface area contributed by atoms with E-state index in [4.69, 9.17) is 16.0 Å². The van der Waals surface area contributed by atoms with E-state index in [1.807, 2.05) is 48.2 Å². The fraction of sp³-hybridized carbons (Fsp3) is 0.318. The summed E-state index contributed by atoms with van der Waals surface area (Å²) in [5, 5.41) is 0.720. The average Bonchev–Trinajstić information content (AvgIpc) is 3.18. The van der Waals surface area contributed by atoms with Gasteiger partial charge in [-0.25, -0.2) is 4.98 Å². The molecule has 2 aromatic heterocycles. The van der Waals surface area contributed by atoms with Crippen molar-refractivity contribution in [1.82, 2.24) is 14.9 Å². The molecule has 4 rings (SSSR count). The number of hydrogen-bond acceptors (Lipinski definition) is 4. The summed E-state index contributed by atoms with van der Waals surface area (Å²) in [4.78, 5) is 23.5. The van der Waals surface area contributed by atoms with E-state index in [1.54, 1.807) is 12.4 Å². The van der Waals surface area contributed by atoms with Crippen LogP contribution in [0.15, 0.2) is 53.2 Å². The molecule has 1 amide bonds. The van der Waals surface area contributed by atoms with Gasteiger partial charge in [-0.15, -0.1) is 0 Å². The van der Waals surface area contributed by atoms with E-state index in [1.165, 1.54) is 0 Å². The summed E-state index contributed by atoms with van der Waals surface area (Å²) < 4.78 is 6.02. The van der Waals surface area contributed by atoms with Crippen molar-refractivity contribution in [1.29, 1.82) is 0 Å². The van der Waals surface area contributed by atoms with Crippen LogP contribution in [-0.4, -0.2) is 33.9 Å². The predicted octanol–water partition coefficient (Wildman–Crippen LogP) is 4.64. The van der Waals surface area contributed by atoms with Crippen molar-refractivity contribution in [2.24, 2.45) is 0 Å². The second-order valence-corrected chi connectivity index (χ2v) is 7.66. The molecule has 1 atom stereocenters. The molecule has 3 aromatic rings. The number of rotatable bonds is 4. The Hall–Kier alpha value is -2.66. The number of piperidine rings is 1. The third kappa shape index (κ3) is 4.09. The molecular formula is C22H22ClN3O2. The molecule has 0 N–H and O–H groups in total. The molecule has 6 heteroatoms. The zero-order valence-electron chi connectivity index (χ0n) is 15.8. The van der Waals surface area contributed by atoms with Gasteiger partial charge in [0, 0.05) is 30.7 Å². The molecule has 144 valence electrons. The Morgan fingerprint density at radius 2 is 2.07 bits per heavy atom. The second-order valence-electron chi connectivity index (χ2n) is 7.23. The molecule has 1 saturated heterocycles. The standard InChI is InChI=1S/C22H22ClN3O2/c1-15-4-2-10-24-20(15)22(27)26-11-3-5-17(14-26)21-25-13-19(28-21)12-16-6-8-18(23)9-7-16/h2,4,6-10,13,17H,3,5,11-12,14H2,1H3/t17-/m1/s1. The fourth-order valence-corrected chi connectivity index (χ4v) is 3.75. The average molecular weight is 396 g/mol. The first-order valence-electron chi connectivity index (χ1n) is 9.50. The highest BCUT2D eigenvalue weighted by atomic mass is 35.5. The molecule has 1 fully saturated rings. The number of aromatic nitrogens is 2. The van der Waals surface area contributed by atoms with Gasteiger partial charge in [0.2, 0.25) is 0 Å². The maximum Gasteiger partial charge on any atom is 0.272 e. The molecule has 1 aliphatic heterocycles. The van der Waals surface area contributed by atoms with E-state index in [9.17, 15) is 4.79 Å². The zero-order chi connectivity index (χ0) is 19.5. The van der Waals surface area contributed by atoms with Crippen LogP contribution in [0.3, 0.4) is 0 Å². The van der Waals surface area contributed by atoms with Gasteiger partial charge in [-0.05, 0) is 49.1 Å². The highest BCUT2D eigenvalue weighted by Crippen LogP contribution is 2.28. The zero-order valence-corrected chi connectivity index (χ0v) is 16.5. The Bertz CT molecular complexity index is 968. The minimum absolute atomic E-state index is 0.0178. The Balaban J connectivity index is 1.45. The number of amides is 1. The van der Waals surface area contributed by atoms with Crippen molar-refractivity contribution in [3.8, 4) is 0 Å². The van der Waals surface area contributed by atoms with Crippen molar-refractivity contribution in [2.75, 3.05) is 13.1 Å². The number of halogens is 1. The molecule has 0 aliphatic carbocycles. The topological polar surface area (TPSA) is 59.2 Å². The number of benzene rings is 1. The number of carbonyl (C=O) groups is 1. The van der Waals surface area contributed by atoms with E-state index < -0.39 is 0 Å². The van der Waals surface area contributed by atoms with E-state index in [0.29, 0.717) is 24.6 Å². The van der Waals surface area contributed by atoms with E-state index in [-0.39, 0.29) is 11.8 Å². The van der Waals surface area contributed by atoms with E-state index >= 15 is 0 Å². The summed E-state index contributed by atoms with van der Waals surface area (Å²) in [5.74, 6) is 1.62. The van der Waals surface area contributed by atoms with Gasteiger partial charge in [0.1, 0.15) is 11.5 Å². The van der Waals surface area contributed by atoms with Gasteiger partial charge in [0.25, 0.3) is 5.91 Å². The Labute approximate surface area is 169 Å². The first-order chi connectivity index (χ1) is 13.6. The fourth-order valence-electron chi connectivity index (χ4n) is 3.62. The highest BCUT2D eigenvalue weighted by molar-refractivity contribution is 6.30. The van der Waals surface area contributed by atoms with Gasteiger partial charge in [0.15, 0.2) is 5.89 Å². The Morgan fingerprint density at radius 1 is 1.25 bits per heavy atom. The van der Waals surface area contributed by atoms with Gasteiger partial charge in [-0.3, -0.25) is 9.78 Å². The summed E-state index contributed by atoms with van der Waals surface area (Å²) in [5.41, 5.74) is 2.55. The Morgan fingerprint density at radius 3 is 2.86 bits per heavy atom. The Kier molecular flexibility index (Phi) is 5.44. The minimum Gasteiger partial charge on any atom is -0.445 e. The summed E-state index contributed by atoms with van der Waals surface area (Å²) >= 11 is 5.94. The third-order valence-corrected chi connectivity index (χ3v) is 5.38. The molecule has 3 heterocycles. The molecule has 0 radical (unpaired) electrons. The van der Waals surface area contributed by atoms with E-state index in [0.717, 1.165) is 41.3 Å². The lowest BCUT2D eigenvalue weighted by Crippen LogP contribution is -2.39. The maximum absolute atomic E-state index is 12.9. The van der Waals surface area contributed by atoms with Crippen LogP contribution in [0.2, 0.25) is 5.02 Å². The SMILES string of the molecule is Cc1cccnc1C(=O)N1CCC[C@@H](c2ncc(Cc3ccc(Cl)cc3)o2)C1. The van der Waals surface area contributed by atoms with Crippen molar-refractivity contribution >= 4 is 17.5 Å². The largest absolute Gasteiger partial charge is 0.445 e. The number of hydrogen-bond donors (Lipinski definition) is 0. The monoisotopic (exact) mass is 395 g/mol. The van der Waals surface area contributed by atoms with Gasteiger partial charge in [-0.1, -0.05) is 29.8 Å². The summed E-state index contributed by atoms with van der Waals surface area (Å²) in [6, 6.07) is 11.5. The van der Waals surface area contributed by atoms with Crippen molar-refractivity contribution in [3.05, 3.63) is 82.3 Å². The molecule has 28 heavy (non-hydrogen) atoms. The van der Waals surface area contributed by atoms with Crippen LogP contribution in [0.5, 0.6) is 0 Å². The molecule has 1 aromatic carbocycles. The van der Waals surface area contributed by atoms with Crippen LogP contribution in [0.25, 0.3) is 0 Å². The van der Waals surface area contributed by atoms with Crippen molar-refractivity contribution < 1.29 is 9.21 Å². The van der Waals surface area contributed by atoms with Crippen molar-refractivity contribution in [3.63, 3.8) is 0 Å². The number of aryl methyl sites for hydroxylation is 1. The minimum atomic E-state index is -0.0178. The first kappa shape index (κ1) is 18.7. The molecule has 1 aliphatic rings. The van der Waals surface area contributed by atoms with Gasteiger partial charge >= 0.3 is 0 Å². The molecular weight excluding hydrogens is 374 g/mol. The van der Waals surface area contributed by atoms with Gasteiger partial charge in [0.05, 0.1) is 12.1 Å². The normalized spacial score (nSPS) is 16.9. The molecule has 0 bridgehead atoms. The van der Waals surface area contributed by atoms with Crippen LogP contribution in [0.4, 0.5) is 0 Å². The van der Waals surface area contributed by atoms with Crippen LogP contribution in [0, 0.1) is 6.92 Å². The maximum atomic E-state index is 12.9. The summed E-state index contributed by atoms with van der Waals surface area (Å²) in [6.07, 6.45) is 6.02. The number of carbonyl (C=O) groups excluding carboxylic acids is 1. The van der Waals surface area contributed by atoms with Gasteiger partial charge in [-0.2, -0.15) is 0 Å². The van der Waals surface area contributed by atoms with Crippen LogP contribution < -0.4 is 0 Å². The lowest BCUT2D eigenvalue weighted by molar-refractivity contribution is 0.0691. The summed E-state index contributed by atoms with van der Waals surface area (Å²) in [7, 11) is 0. The smallest absolute Gasteiger partial charge is 0.272 e. The predicted molar refractivity (Wildman–Crippen MR) is 108 cm³/mol. The third-order valence-electron chi connectivity index (χ3n) is 5.13. The number of nitrogens with zero attached hydrogens (tertiary/aromatic N) is 3. The quantitative estimate of drug-likeness (QED) is 0.645. The molecule has 0 saturated carbocycles. The lowest BCUT2D eigenvalue weighted by Gasteiger charge is -2.31. The molecule has 5 nitrogen and oxygen atoms in total. The van der Waals surface area contributed by atoms with Crippen molar-refractivity contribution in [2.45, 2.75) is 32.1 Å². The highest BCUT2D eigenvalue weighted by Gasteiger charge is 2.29.